The molecule has 64 valence electrons. The van der Waals surface area contributed by atoms with Gasteiger partial charge in [-0.3, -0.25) is 0 Å². The summed E-state index contributed by atoms with van der Waals surface area (Å²) in [5, 5.41) is -0.354. The average Bonchev–Trinajstić information content (AvgIpc) is 1.86. The van der Waals surface area contributed by atoms with Gasteiger partial charge in [-0.2, -0.15) is 0 Å². The SMILES string of the molecule is CC1=CC[C@H](S(=O)(=O)Cl)CC1. The fourth-order valence-corrected chi connectivity index (χ4v) is 2.41. The van der Waals surface area contributed by atoms with Gasteiger partial charge < -0.3 is 0 Å². The lowest BCUT2D eigenvalue weighted by Crippen LogP contribution is -2.18. The van der Waals surface area contributed by atoms with Gasteiger partial charge in [0.2, 0.25) is 9.05 Å². The van der Waals surface area contributed by atoms with E-state index in [0.717, 1.165) is 6.42 Å². The molecule has 0 unspecified atom stereocenters. The van der Waals surface area contributed by atoms with Gasteiger partial charge in [-0.05, 0) is 26.2 Å². The molecule has 0 aromatic heterocycles. The van der Waals surface area contributed by atoms with E-state index in [1.54, 1.807) is 0 Å². The molecule has 0 aromatic rings. The fraction of sp³-hybridized carbons (Fsp3) is 0.714. The summed E-state index contributed by atoms with van der Waals surface area (Å²) in [6.07, 6.45) is 4.07. The maximum atomic E-state index is 10.8. The topological polar surface area (TPSA) is 34.1 Å². The van der Waals surface area contributed by atoms with Crippen LogP contribution in [0.25, 0.3) is 0 Å². The standard InChI is InChI=1S/C7H11ClO2S/c1-6-2-4-7(5-3-6)11(8,9)10/h2,7H,3-5H2,1H3/t7-/m0/s1. The lowest BCUT2D eigenvalue weighted by Gasteiger charge is -2.16. The molecule has 0 spiro atoms. The monoisotopic (exact) mass is 194 g/mol. The quantitative estimate of drug-likeness (QED) is 0.473. The highest BCUT2D eigenvalue weighted by Crippen LogP contribution is 2.24. The molecule has 1 atom stereocenters. The highest BCUT2D eigenvalue weighted by atomic mass is 35.7. The van der Waals surface area contributed by atoms with Crippen LogP contribution in [0, 0.1) is 0 Å². The van der Waals surface area contributed by atoms with Gasteiger partial charge in [0.15, 0.2) is 0 Å². The molecular weight excluding hydrogens is 184 g/mol. The molecule has 0 amide bonds. The summed E-state index contributed by atoms with van der Waals surface area (Å²) in [4.78, 5) is 0. The van der Waals surface area contributed by atoms with Gasteiger partial charge >= 0.3 is 0 Å². The molecule has 0 radical (unpaired) electrons. The first-order valence-corrected chi connectivity index (χ1v) is 5.96. The van der Waals surface area contributed by atoms with E-state index < -0.39 is 9.05 Å². The zero-order chi connectivity index (χ0) is 8.48. The lowest BCUT2D eigenvalue weighted by atomic mass is 10.0. The van der Waals surface area contributed by atoms with Crippen molar-refractivity contribution in [3.8, 4) is 0 Å². The third-order valence-electron chi connectivity index (χ3n) is 1.99. The van der Waals surface area contributed by atoms with Crippen molar-refractivity contribution in [3.63, 3.8) is 0 Å². The van der Waals surface area contributed by atoms with Crippen LogP contribution >= 0.6 is 10.7 Å². The Kier molecular flexibility index (Phi) is 2.60. The molecule has 0 saturated heterocycles. The lowest BCUT2D eigenvalue weighted by molar-refractivity contribution is 0.579. The van der Waals surface area contributed by atoms with E-state index in [1.807, 2.05) is 13.0 Å². The molecule has 0 heterocycles. The smallest absolute Gasteiger partial charge is 0.212 e. The van der Waals surface area contributed by atoms with Gasteiger partial charge in [0.25, 0.3) is 0 Å². The van der Waals surface area contributed by atoms with Crippen molar-refractivity contribution in [1.29, 1.82) is 0 Å². The molecule has 0 bridgehead atoms. The molecule has 0 aromatic carbocycles. The summed E-state index contributed by atoms with van der Waals surface area (Å²) in [6, 6.07) is 0. The maximum Gasteiger partial charge on any atom is 0.235 e. The summed E-state index contributed by atoms with van der Waals surface area (Å²) in [5.74, 6) is 0. The molecule has 0 fully saturated rings. The number of allylic oxidation sites excluding steroid dienone is 2. The maximum absolute atomic E-state index is 10.8. The minimum absolute atomic E-state index is 0.354. The van der Waals surface area contributed by atoms with Crippen molar-refractivity contribution in [3.05, 3.63) is 11.6 Å². The average molecular weight is 195 g/mol. The van der Waals surface area contributed by atoms with E-state index in [1.165, 1.54) is 5.57 Å². The van der Waals surface area contributed by atoms with Crippen LogP contribution in [0.3, 0.4) is 0 Å². The Labute approximate surface area is 71.7 Å². The Morgan fingerprint density at radius 1 is 1.64 bits per heavy atom. The first-order chi connectivity index (χ1) is 5.00. The van der Waals surface area contributed by atoms with Crippen molar-refractivity contribution < 1.29 is 8.42 Å². The van der Waals surface area contributed by atoms with Crippen LogP contribution in [0.1, 0.15) is 26.2 Å². The van der Waals surface area contributed by atoms with Crippen LogP contribution in [0.5, 0.6) is 0 Å². The zero-order valence-electron chi connectivity index (χ0n) is 6.38. The van der Waals surface area contributed by atoms with Crippen LogP contribution in [-0.4, -0.2) is 13.7 Å². The Hall–Kier alpha value is -0.0200. The Morgan fingerprint density at radius 3 is 2.64 bits per heavy atom. The van der Waals surface area contributed by atoms with Crippen molar-refractivity contribution in [2.75, 3.05) is 0 Å². The molecule has 1 aliphatic rings. The van der Waals surface area contributed by atoms with Crippen molar-refractivity contribution >= 4 is 19.7 Å². The molecule has 0 N–H and O–H groups in total. The second kappa shape index (κ2) is 3.15. The van der Waals surface area contributed by atoms with Gasteiger partial charge in [-0.1, -0.05) is 11.6 Å². The van der Waals surface area contributed by atoms with Crippen LogP contribution in [0.15, 0.2) is 11.6 Å². The Morgan fingerprint density at radius 2 is 2.27 bits per heavy atom. The number of halogens is 1. The molecule has 1 rings (SSSR count). The molecular formula is C7H11ClO2S. The number of hydrogen-bond donors (Lipinski definition) is 0. The number of hydrogen-bond acceptors (Lipinski definition) is 2. The minimum Gasteiger partial charge on any atom is -0.212 e. The highest BCUT2D eigenvalue weighted by Gasteiger charge is 2.23. The first kappa shape index (κ1) is 9.07. The highest BCUT2D eigenvalue weighted by molar-refractivity contribution is 8.14. The molecule has 0 saturated carbocycles. The third kappa shape index (κ3) is 2.49. The largest absolute Gasteiger partial charge is 0.235 e. The van der Waals surface area contributed by atoms with Gasteiger partial charge in [0, 0.05) is 10.7 Å². The van der Waals surface area contributed by atoms with E-state index in [2.05, 4.69) is 0 Å². The summed E-state index contributed by atoms with van der Waals surface area (Å²) in [6.45, 7) is 2.01. The van der Waals surface area contributed by atoms with E-state index >= 15 is 0 Å². The van der Waals surface area contributed by atoms with Crippen molar-refractivity contribution in [2.45, 2.75) is 31.4 Å². The summed E-state index contributed by atoms with van der Waals surface area (Å²) >= 11 is 0. The van der Waals surface area contributed by atoms with E-state index in [-0.39, 0.29) is 5.25 Å². The molecule has 1 aliphatic carbocycles. The Bertz CT molecular complexity index is 266. The van der Waals surface area contributed by atoms with Gasteiger partial charge in [0.1, 0.15) is 0 Å². The predicted molar refractivity (Wildman–Crippen MR) is 46.2 cm³/mol. The Balaban J connectivity index is 2.69. The van der Waals surface area contributed by atoms with Crippen LogP contribution in [0.2, 0.25) is 0 Å². The molecule has 11 heavy (non-hydrogen) atoms. The molecule has 4 heteroatoms. The minimum atomic E-state index is -3.32. The van der Waals surface area contributed by atoms with E-state index in [9.17, 15) is 8.42 Å². The zero-order valence-corrected chi connectivity index (χ0v) is 7.95. The van der Waals surface area contributed by atoms with Gasteiger partial charge in [-0.15, -0.1) is 0 Å². The van der Waals surface area contributed by atoms with Crippen molar-refractivity contribution in [1.82, 2.24) is 0 Å². The van der Waals surface area contributed by atoms with Crippen molar-refractivity contribution in [2.24, 2.45) is 0 Å². The second-order valence-corrected chi connectivity index (χ2v) is 5.83. The third-order valence-corrected chi connectivity index (χ3v) is 3.97. The summed E-state index contributed by atoms with van der Waals surface area (Å²) < 4.78 is 21.7. The first-order valence-electron chi connectivity index (χ1n) is 3.59. The summed E-state index contributed by atoms with van der Waals surface area (Å²) in [5.41, 5.74) is 1.27. The summed E-state index contributed by atoms with van der Waals surface area (Å²) in [7, 11) is 1.88. The predicted octanol–water partition coefficient (Wildman–Crippen LogP) is 2.05. The van der Waals surface area contributed by atoms with E-state index in [0.29, 0.717) is 12.8 Å². The van der Waals surface area contributed by atoms with Crippen LogP contribution < -0.4 is 0 Å². The normalized spacial score (nSPS) is 26.4. The second-order valence-electron chi connectivity index (χ2n) is 2.92. The van der Waals surface area contributed by atoms with Crippen LogP contribution in [-0.2, 0) is 9.05 Å². The van der Waals surface area contributed by atoms with Crippen LogP contribution in [0.4, 0.5) is 0 Å². The van der Waals surface area contributed by atoms with Gasteiger partial charge in [-0.25, -0.2) is 8.42 Å². The number of rotatable bonds is 1. The van der Waals surface area contributed by atoms with Gasteiger partial charge in [0.05, 0.1) is 5.25 Å². The fourth-order valence-electron chi connectivity index (χ4n) is 1.20. The van der Waals surface area contributed by atoms with E-state index in [4.69, 9.17) is 10.7 Å². The molecule has 0 aliphatic heterocycles. The molecule has 2 nitrogen and oxygen atoms in total.